The summed E-state index contributed by atoms with van der Waals surface area (Å²) in [5.41, 5.74) is 6.37. The van der Waals surface area contributed by atoms with Crippen molar-refractivity contribution in [1.82, 2.24) is 9.78 Å². The lowest BCUT2D eigenvalue weighted by Gasteiger charge is -2.30. The van der Waals surface area contributed by atoms with E-state index in [1.54, 1.807) is 19.2 Å². The first-order chi connectivity index (χ1) is 11.6. The molecule has 2 aromatic carbocycles. The van der Waals surface area contributed by atoms with Crippen LogP contribution in [0.2, 0.25) is 0 Å². The van der Waals surface area contributed by atoms with Gasteiger partial charge < -0.3 is 15.2 Å². The van der Waals surface area contributed by atoms with Crippen LogP contribution in [0, 0.1) is 13.8 Å². The highest BCUT2D eigenvalue weighted by Gasteiger charge is 2.28. The number of nitrogens with zero attached hydrogens (tertiary/aromatic N) is 2. The Morgan fingerprint density at radius 2 is 1.96 bits per heavy atom. The molecule has 2 heterocycles. The summed E-state index contributed by atoms with van der Waals surface area (Å²) < 4.78 is 7.45. The molecule has 5 heteroatoms. The topological polar surface area (TPSA) is 59.3 Å². The van der Waals surface area contributed by atoms with E-state index in [0.717, 1.165) is 28.2 Å². The Balaban J connectivity index is 1.92. The zero-order valence-electron chi connectivity index (χ0n) is 13.9. The van der Waals surface area contributed by atoms with Gasteiger partial charge in [0.25, 0.3) is 0 Å². The van der Waals surface area contributed by atoms with E-state index in [9.17, 15) is 5.11 Å². The van der Waals surface area contributed by atoms with Crippen LogP contribution in [0.25, 0.3) is 11.3 Å². The molecule has 0 fully saturated rings. The molecule has 0 saturated heterocycles. The summed E-state index contributed by atoms with van der Waals surface area (Å²) in [7, 11) is 1.60. The normalized spacial score (nSPS) is 15.4. The van der Waals surface area contributed by atoms with Crippen LogP contribution >= 0.6 is 0 Å². The summed E-state index contributed by atoms with van der Waals surface area (Å²) in [6, 6.07) is 13.6. The summed E-state index contributed by atoms with van der Waals surface area (Å²) in [5, 5.41) is 17.9. The molecule has 122 valence electrons. The number of phenolic OH excluding ortho intramolecular Hbond substituents is 1. The minimum Gasteiger partial charge on any atom is -0.508 e. The van der Waals surface area contributed by atoms with E-state index < -0.39 is 0 Å². The Hall–Kier alpha value is -2.95. The lowest BCUT2D eigenvalue weighted by Crippen LogP contribution is -2.26. The number of hydrogen-bond donors (Lipinski definition) is 2. The maximum atomic E-state index is 9.73. The Morgan fingerprint density at radius 3 is 2.75 bits per heavy atom. The molecule has 1 unspecified atom stereocenters. The predicted molar refractivity (Wildman–Crippen MR) is 93.6 cm³/mol. The van der Waals surface area contributed by atoms with Gasteiger partial charge in [-0.2, -0.15) is 5.10 Å². The number of aromatic hydroxyl groups is 1. The molecule has 1 aromatic heterocycles. The summed E-state index contributed by atoms with van der Waals surface area (Å²) in [5.74, 6) is 0.807. The predicted octanol–water partition coefficient (Wildman–Crippen LogP) is 3.85. The van der Waals surface area contributed by atoms with E-state index in [1.165, 1.54) is 5.56 Å². The van der Waals surface area contributed by atoms with Gasteiger partial charge >= 0.3 is 0 Å². The van der Waals surface area contributed by atoms with Crippen LogP contribution in [0.1, 0.15) is 23.0 Å². The smallest absolute Gasteiger partial charge is 0.150 e. The van der Waals surface area contributed by atoms with E-state index in [4.69, 9.17) is 4.74 Å². The Bertz CT molecular complexity index is 930. The highest BCUT2D eigenvalue weighted by molar-refractivity contribution is 5.79. The van der Waals surface area contributed by atoms with Crippen LogP contribution in [-0.2, 0) is 0 Å². The van der Waals surface area contributed by atoms with Crippen molar-refractivity contribution in [3.05, 3.63) is 59.3 Å². The maximum Gasteiger partial charge on any atom is 0.150 e. The van der Waals surface area contributed by atoms with Crippen LogP contribution in [0.5, 0.6) is 11.5 Å². The van der Waals surface area contributed by atoms with E-state index in [2.05, 4.69) is 41.6 Å². The number of aromatic nitrogens is 2. The first-order valence-electron chi connectivity index (χ1n) is 7.87. The van der Waals surface area contributed by atoms with Gasteiger partial charge in [0.05, 0.1) is 18.5 Å². The Kier molecular flexibility index (Phi) is 3.23. The second kappa shape index (κ2) is 5.30. The van der Waals surface area contributed by atoms with E-state index in [1.807, 2.05) is 17.7 Å². The number of aryl methyl sites for hydroxylation is 2. The molecule has 0 aliphatic carbocycles. The van der Waals surface area contributed by atoms with Gasteiger partial charge in [-0.3, -0.25) is 0 Å². The minimum absolute atomic E-state index is 0.180. The van der Waals surface area contributed by atoms with Gasteiger partial charge in [0.2, 0.25) is 0 Å². The zero-order valence-corrected chi connectivity index (χ0v) is 13.9. The molecule has 1 aliphatic heterocycles. The minimum atomic E-state index is -0.195. The highest BCUT2D eigenvalue weighted by atomic mass is 16.5. The van der Waals surface area contributed by atoms with Crippen molar-refractivity contribution in [1.29, 1.82) is 0 Å². The van der Waals surface area contributed by atoms with Crippen molar-refractivity contribution in [3.63, 3.8) is 0 Å². The molecule has 3 aromatic rings. The lowest BCUT2D eigenvalue weighted by molar-refractivity contribution is 0.395. The molecule has 2 N–H and O–H groups in total. The Morgan fingerprint density at radius 1 is 1.12 bits per heavy atom. The second-order valence-corrected chi connectivity index (χ2v) is 6.14. The number of methoxy groups -OCH3 is 1. The lowest BCUT2D eigenvalue weighted by atomic mass is 10.0. The van der Waals surface area contributed by atoms with Crippen LogP contribution in [0.3, 0.4) is 0 Å². The van der Waals surface area contributed by atoms with Crippen molar-refractivity contribution in [2.24, 2.45) is 0 Å². The second-order valence-electron chi connectivity index (χ2n) is 6.14. The molecule has 0 amide bonds. The molecular formula is C19H19N3O2. The number of anilines is 1. The largest absolute Gasteiger partial charge is 0.508 e. The summed E-state index contributed by atoms with van der Waals surface area (Å²) in [6.07, 6.45) is -0.195. The summed E-state index contributed by atoms with van der Waals surface area (Å²) in [4.78, 5) is 0. The molecule has 24 heavy (non-hydrogen) atoms. The number of phenols is 1. The third-order valence-corrected chi connectivity index (χ3v) is 4.36. The maximum absolute atomic E-state index is 9.73. The van der Waals surface area contributed by atoms with E-state index in [-0.39, 0.29) is 11.9 Å². The van der Waals surface area contributed by atoms with Crippen LogP contribution in [0.15, 0.2) is 42.5 Å². The standard InChI is InChI=1S/C19H19N3O2/c1-11-4-7-16-15(8-11)17-9-12(2)21-22(17)19(20-16)14-6-5-13(23)10-18(14)24-3/h4-10,19-20,23H,1-3H3. The first-order valence-corrected chi connectivity index (χ1v) is 7.87. The van der Waals surface area contributed by atoms with Gasteiger partial charge in [-0.25, -0.2) is 4.68 Å². The van der Waals surface area contributed by atoms with Gasteiger partial charge in [0.15, 0.2) is 6.17 Å². The van der Waals surface area contributed by atoms with Crippen molar-refractivity contribution in [2.75, 3.05) is 12.4 Å². The Labute approximate surface area is 140 Å². The van der Waals surface area contributed by atoms with Crippen LogP contribution in [-0.4, -0.2) is 22.0 Å². The number of fused-ring (bicyclic) bond motifs is 3. The molecule has 0 saturated carbocycles. The summed E-state index contributed by atoms with van der Waals surface area (Å²) in [6.45, 7) is 4.08. The SMILES string of the molecule is COc1cc(O)ccc1C1Nc2ccc(C)cc2-c2cc(C)nn21. The number of ether oxygens (including phenoxy) is 1. The summed E-state index contributed by atoms with van der Waals surface area (Å²) >= 11 is 0. The zero-order chi connectivity index (χ0) is 16.8. The average molecular weight is 321 g/mol. The average Bonchev–Trinajstić information content (AvgIpc) is 2.96. The number of nitrogens with one attached hydrogen (secondary N) is 1. The third-order valence-electron chi connectivity index (χ3n) is 4.36. The van der Waals surface area contributed by atoms with E-state index in [0.29, 0.717) is 5.75 Å². The van der Waals surface area contributed by atoms with Crippen molar-refractivity contribution in [3.8, 4) is 22.8 Å². The van der Waals surface area contributed by atoms with Crippen molar-refractivity contribution < 1.29 is 9.84 Å². The number of hydrogen-bond acceptors (Lipinski definition) is 4. The third kappa shape index (κ3) is 2.21. The van der Waals surface area contributed by atoms with Gasteiger partial charge in [0, 0.05) is 22.9 Å². The first kappa shape index (κ1) is 14.6. The fraction of sp³-hybridized carbons (Fsp3) is 0.211. The monoisotopic (exact) mass is 321 g/mol. The van der Waals surface area contributed by atoms with Crippen molar-refractivity contribution in [2.45, 2.75) is 20.0 Å². The molecule has 0 radical (unpaired) electrons. The molecule has 5 nitrogen and oxygen atoms in total. The van der Waals surface area contributed by atoms with Gasteiger partial charge in [-0.15, -0.1) is 0 Å². The molecular weight excluding hydrogens is 302 g/mol. The highest BCUT2D eigenvalue weighted by Crippen LogP contribution is 2.41. The van der Waals surface area contributed by atoms with Crippen LogP contribution < -0.4 is 10.1 Å². The van der Waals surface area contributed by atoms with Gasteiger partial charge in [-0.05, 0) is 44.2 Å². The quantitative estimate of drug-likeness (QED) is 0.752. The van der Waals surface area contributed by atoms with E-state index >= 15 is 0 Å². The number of benzene rings is 2. The van der Waals surface area contributed by atoms with Crippen LogP contribution in [0.4, 0.5) is 5.69 Å². The number of rotatable bonds is 2. The van der Waals surface area contributed by atoms with Crippen molar-refractivity contribution >= 4 is 5.69 Å². The fourth-order valence-electron chi connectivity index (χ4n) is 3.25. The fourth-order valence-corrected chi connectivity index (χ4v) is 3.25. The molecule has 4 rings (SSSR count). The molecule has 1 atom stereocenters. The molecule has 0 spiro atoms. The molecule has 0 bridgehead atoms. The van der Waals surface area contributed by atoms with Gasteiger partial charge in [0.1, 0.15) is 11.5 Å². The molecule has 1 aliphatic rings. The van der Waals surface area contributed by atoms with Gasteiger partial charge in [-0.1, -0.05) is 11.6 Å².